The first kappa shape index (κ1) is 20.3. The summed E-state index contributed by atoms with van der Waals surface area (Å²) >= 11 is 3.62. The topological polar surface area (TPSA) is 81.1 Å². The number of nitrogens with zero attached hydrogens (tertiary/aromatic N) is 4. The zero-order chi connectivity index (χ0) is 21.8. The number of aromatic nitrogens is 4. The number of hydrogen-bond acceptors (Lipinski definition) is 5. The number of anilines is 1. The van der Waals surface area contributed by atoms with Gasteiger partial charge in [-0.15, -0.1) is 0 Å². The molecule has 1 atom stereocenters. The molecule has 0 amide bonds. The Kier molecular flexibility index (Phi) is 4.94. The summed E-state index contributed by atoms with van der Waals surface area (Å²) in [6, 6.07) is 6.50. The standard InChI is InChI=1S/C23H24BrFN6/c1-3-23(6-7-23)12-28-13(2)20-19(24)21(26)31-22(30-20)17(11-29-31)15-8-14-9-16(25)4-5-18(14)27-10-15/h4-5,8-11,13,28H,3,6-7,12,26H2,1-2H3. The predicted octanol–water partition coefficient (Wildman–Crippen LogP) is 5.27. The Morgan fingerprint density at radius 1 is 1.29 bits per heavy atom. The number of nitrogens with one attached hydrogen (secondary N) is 1. The van der Waals surface area contributed by atoms with Gasteiger partial charge in [0.2, 0.25) is 0 Å². The molecule has 0 saturated heterocycles. The summed E-state index contributed by atoms with van der Waals surface area (Å²) in [6.45, 7) is 5.32. The molecule has 8 heteroatoms. The number of benzene rings is 1. The lowest BCUT2D eigenvalue weighted by atomic mass is 10.0. The van der Waals surface area contributed by atoms with E-state index in [4.69, 9.17) is 10.7 Å². The number of nitrogens with two attached hydrogens (primary N) is 1. The van der Waals surface area contributed by atoms with Crippen molar-refractivity contribution in [1.82, 2.24) is 24.9 Å². The highest BCUT2D eigenvalue weighted by atomic mass is 79.9. The number of fused-ring (bicyclic) bond motifs is 2. The highest BCUT2D eigenvalue weighted by Gasteiger charge is 2.40. The van der Waals surface area contributed by atoms with Gasteiger partial charge in [-0.2, -0.15) is 9.61 Å². The van der Waals surface area contributed by atoms with Crippen LogP contribution in [0.5, 0.6) is 0 Å². The normalized spacial score (nSPS) is 16.1. The molecule has 6 nitrogen and oxygen atoms in total. The largest absolute Gasteiger partial charge is 0.383 e. The van der Waals surface area contributed by atoms with Gasteiger partial charge in [-0.25, -0.2) is 9.37 Å². The van der Waals surface area contributed by atoms with Gasteiger partial charge in [0.25, 0.3) is 0 Å². The lowest BCUT2D eigenvalue weighted by molar-refractivity contribution is 0.411. The Hall–Kier alpha value is -2.58. The minimum Gasteiger partial charge on any atom is -0.383 e. The van der Waals surface area contributed by atoms with Gasteiger partial charge >= 0.3 is 0 Å². The fourth-order valence-electron chi connectivity index (χ4n) is 4.05. The van der Waals surface area contributed by atoms with Crippen molar-refractivity contribution < 1.29 is 4.39 Å². The molecule has 5 rings (SSSR count). The summed E-state index contributed by atoms with van der Waals surface area (Å²) in [5.74, 6) is 0.205. The minimum atomic E-state index is -0.291. The molecule has 1 aromatic carbocycles. The Labute approximate surface area is 188 Å². The van der Waals surface area contributed by atoms with Crippen molar-refractivity contribution >= 4 is 38.3 Å². The molecular formula is C23H24BrFN6. The van der Waals surface area contributed by atoms with Crippen LogP contribution in [0.4, 0.5) is 10.2 Å². The summed E-state index contributed by atoms with van der Waals surface area (Å²) in [4.78, 5) is 9.40. The predicted molar refractivity (Wildman–Crippen MR) is 124 cm³/mol. The quantitative estimate of drug-likeness (QED) is 0.391. The lowest BCUT2D eigenvalue weighted by Crippen LogP contribution is -2.27. The molecule has 3 N–H and O–H groups in total. The maximum Gasteiger partial charge on any atom is 0.165 e. The summed E-state index contributed by atoms with van der Waals surface area (Å²) < 4.78 is 16.1. The van der Waals surface area contributed by atoms with Crippen molar-refractivity contribution in [2.45, 2.75) is 39.2 Å². The highest BCUT2D eigenvalue weighted by Crippen LogP contribution is 2.48. The third-order valence-corrected chi connectivity index (χ3v) is 7.32. The van der Waals surface area contributed by atoms with Gasteiger partial charge in [0, 0.05) is 35.3 Å². The van der Waals surface area contributed by atoms with Crippen LogP contribution in [0.1, 0.15) is 44.8 Å². The van der Waals surface area contributed by atoms with Crippen LogP contribution in [0.25, 0.3) is 27.7 Å². The number of nitrogen functional groups attached to an aromatic ring is 1. The van der Waals surface area contributed by atoms with E-state index in [1.54, 1.807) is 23.0 Å². The Morgan fingerprint density at radius 2 is 2.10 bits per heavy atom. The number of hydrogen-bond donors (Lipinski definition) is 2. The van der Waals surface area contributed by atoms with E-state index in [0.717, 1.165) is 38.7 Å². The Bertz CT molecular complexity index is 1300. The van der Waals surface area contributed by atoms with Crippen LogP contribution in [0.15, 0.2) is 41.1 Å². The first-order valence-electron chi connectivity index (χ1n) is 10.5. The number of rotatable bonds is 6. The molecule has 1 saturated carbocycles. The van der Waals surface area contributed by atoms with Crippen molar-refractivity contribution in [2.24, 2.45) is 5.41 Å². The first-order chi connectivity index (χ1) is 14.9. The van der Waals surface area contributed by atoms with Crippen LogP contribution < -0.4 is 11.1 Å². The van der Waals surface area contributed by atoms with E-state index >= 15 is 0 Å². The average molecular weight is 483 g/mol. The van der Waals surface area contributed by atoms with E-state index in [1.165, 1.54) is 31.4 Å². The maximum absolute atomic E-state index is 13.7. The molecule has 4 aromatic rings. The molecule has 1 aliphatic carbocycles. The lowest BCUT2D eigenvalue weighted by Gasteiger charge is -2.20. The van der Waals surface area contributed by atoms with E-state index in [2.05, 4.69) is 45.2 Å². The second kappa shape index (κ2) is 7.53. The van der Waals surface area contributed by atoms with Crippen LogP contribution in [-0.2, 0) is 0 Å². The minimum absolute atomic E-state index is 0.0253. The molecule has 3 aromatic heterocycles. The zero-order valence-corrected chi connectivity index (χ0v) is 19.1. The number of pyridine rings is 1. The van der Waals surface area contributed by atoms with E-state index in [9.17, 15) is 4.39 Å². The van der Waals surface area contributed by atoms with Crippen molar-refractivity contribution in [3.63, 3.8) is 0 Å². The van der Waals surface area contributed by atoms with E-state index < -0.39 is 0 Å². The average Bonchev–Trinajstić information content (AvgIpc) is 3.44. The third kappa shape index (κ3) is 3.57. The monoisotopic (exact) mass is 482 g/mol. The smallest absolute Gasteiger partial charge is 0.165 e. The molecule has 3 heterocycles. The summed E-state index contributed by atoms with van der Waals surface area (Å²) in [7, 11) is 0. The van der Waals surface area contributed by atoms with Crippen LogP contribution in [0.2, 0.25) is 0 Å². The maximum atomic E-state index is 13.7. The van der Waals surface area contributed by atoms with E-state index in [-0.39, 0.29) is 11.9 Å². The Balaban J connectivity index is 1.56. The van der Waals surface area contributed by atoms with Crippen molar-refractivity contribution in [1.29, 1.82) is 0 Å². The molecule has 1 aliphatic rings. The number of halogens is 2. The summed E-state index contributed by atoms with van der Waals surface area (Å²) in [6.07, 6.45) is 7.23. The highest BCUT2D eigenvalue weighted by molar-refractivity contribution is 9.10. The molecule has 31 heavy (non-hydrogen) atoms. The summed E-state index contributed by atoms with van der Waals surface area (Å²) in [5, 5.41) is 8.80. The van der Waals surface area contributed by atoms with Gasteiger partial charge in [0.05, 0.1) is 21.9 Å². The van der Waals surface area contributed by atoms with Gasteiger partial charge in [0.1, 0.15) is 11.6 Å². The van der Waals surface area contributed by atoms with Crippen molar-refractivity contribution in [2.75, 3.05) is 12.3 Å². The summed E-state index contributed by atoms with van der Waals surface area (Å²) in [5.41, 5.74) is 10.7. The molecule has 160 valence electrons. The zero-order valence-electron chi connectivity index (χ0n) is 17.5. The fraction of sp³-hybridized carbons (Fsp3) is 0.348. The van der Waals surface area contributed by atoms with E-state index in [0.29, 0.717) is 16.9 Å². The van der Waals surface area contributed by atoms with Gasteiger partial charge in [-0.3, -0.25) is 4.98 Å². The molecule has 0 aliphatic heterocycles. The molecule has 0 spiro atoms. The first-order valence-corrected chi connectivity index (χ1v) is 11.3. The van der Waals surface area contributed by atoms with Crippen LogP contribution in [0, 0.1) is 11.2 Å². The van der Waals surface area contributed by atoms with Crippen LogP contribution in [0.3, 0.4) is 0 Å². The van der Waals surface area contributed by atoms with Gasteiger partial charge in [0.15, 0.2) is 5.65 Å². The second-order valence-corrected chi connectivity index (χ2v) is 9.30. The molecule has 1 fully saturated rings. The van der Waals surface area contributed by atoms with Crippen molar-refractivity contribution in [3.05, 3.63) is 52.6 Å². The third-order valence-electron chi connectivity index (χ3n) is 6.50. The SMILES string of the molecule is CCC1(CNC(C)c2nc3c(-c4cnc5ccc(F)cc5c4)cnn3c(N)c2Br)CC1. The second-order valence-electron chi connectivity index (χ2n) is 8.51. The molecule has 1 unspecified atom stereocenters. The Morgan fingerprint density at radius 3 is 2.84 bits per heavy atom. The molecule has 0 radical (unpaired) electrons. The van der Waals surface area contributed by atoms with Gasteiger partial charge < -0.3 is 11.1 Å². The fourth-order valence-corrected chi connectivity index (χ4v) is 4.65. The van der Waals surface area contributed by atoms with Crippen LogP contribution in [-0.4, -0.2) is 26.1 Å². The molecule has 0 bridgehead atoms. The molecular weight excluding hydrogens is 459 g/mol. The van der Waals surface area contributed by atoms with E-state index in [1.807, 2.05) is 6.07 Å². The van der Waals surface area contributed by atoms with Gasteiger partial charge in [-0.05, 0) is 71.8 Å². The van der Waals surface area contributed by atoms with Crippen LogP contribution >= 0.6 is 15.9 Å². The van der Waals surface area contributed by atoms with Crippen molar-refractivity contribution in [3.8, 4) is 11.1 Å². The van der Waals surface area contributed by atoms with Gasteiger partial charge in [-0.1, -0.05) is 6.92 Å².